The van der Waals surface area contributed by atoms with Crippen LogP contribution in [0.3, 0.4) is 0 Å². The lowest BCUT2D eigenvalue weighted by atomic mass is 9.74. The van der Waals surface area contributed by atoms with E-state index >= 15 is 4.79 Å². The highest BCUT2D eigenvalue weighted by Crippen LogP contribution is 2.59. The molecule has 6 rings (SSSR count). The Balaban J connectivity index is 1.52. The molecule has 12 heteroatoms. The molecule has 2 fully saturated rings. The number of aliphatic hydroxyl groups is 1. The van der Waals surface area contributed by atoms with Crippen LogP contribution in [0.15, 0.2) is 77.3 Å². The van der Waals surface area contributed by atoms with Gasteiger partial charge in [0.1, 0.15) is 29.8 Å². The Labute approximate surface area is 306 Å². The maximum atomic E-state index is 15.2. The Morgan fingerprint density at radius 2 is 1.70 bits per heavy atom. The molecule has 5 bridgehead atoms. The minimum absolute atomic E-state index is 0.0786. The molecule has 0 saturated carbocycles. The fourth-order valence-corrected chi connectivity index (χ4v) is 8.92. The van der Waals surface area contributed by atoms with Gasteiger partial charge in [0.05, 0.1) is 35.3 Å². The quantitative estimate of drug-likeness (QED) is 0.308. The molecule has 0 unspecified atom stereocenters. The van der Waals surface area contributed by atoms with Gasteiger partial charge in [0.2, 0.25) is 11.8 Å². The molecule has 1 N–H and O–H groups in total. The van der Waals surface area contributed by atoms with Crippen molar-refractivity contribution in [3.8, 4) is 0 Å². The maximum absolute atomic E-state index is 15.2. The molecular weight excluding hydrogens is 726 g/mol. The zero-order chi connectivity index (χ0) is 35.9. The largest absolute Gasteiger partial charge is 0.455 e. The van der Waals surface area contributed by atoms with Gasteiger partial charge in [-0.1, -0.05) is 96.0 Å². The summed E-state index contributed by atoms with van der Waals surface area (Å²) in [6.45, 7) is 5.49. The molecular formula is C38H43BrClN3O7. The highest BCUT2D eigenvalue weighted by molar-refractivity contribution is 9.11. The number of benzene rings is 2. The molecule has 4 heterocycles. The number of cyclic esters (lactones) is 1. The van der Waals surface area contributed by atoms with Crippen molar-refractivity contribution >= 4 is 56.9 Å². The fraction of sp³-hybridized carbons (Fsp3) is 0.474. The van der Waals surface area contributed by atoms with E-state index in [1.54, 1.807) is 42.3 Å². The molecule has 2 aromatic carbocycles. The molecule has 10 nitrogen and oxygen atoms in total. The molecule has 4 aliphatic rings. The molecule has 0 aliphatic carbocycles. The number of allylic oxidation sites excluding steroid dienone is 1. The molecule has 2 aromatic rings. The predicted molar refractivity (Wildman–Crippen MR) is 192 cm³/mol. The molecule has 0 aromatic heterocycles. The van der Waals surface area contributed by atoms with Crippen LogP contribution in [-0.2, 0) is 28.7 Å². The number of rotatable bonds is 6. The first-order chi connectivity index (χ1) is 23.9. The summed E-state index contributed by atoms with van der Waals surface area (Å²) in [5.41, 5.74) is -0.414. The molecule has 50 heavy (non-hydrogen) atoms. The lowest BCUT2D eigenvalue weighted by Gasteiger charge is -2.39. The molecule has 8 atom stereocenters. The Bertz CT molecular complexity index is 1700. The smallest absolute Gasteiger partial charge is 0.313 e. The number of hydrogen-bond acceptors (Lipinski definition) is 7. The summed E-state index contributed by atoms with van der Waals surface area (Å²) in [5, 5.41) is 11.1. The lowest BCUT2D eigenvalue weighted by molar-refractivity contribution is -0.164. The minimum atomic E-state index is -1.54. The van der Waals surface area contributed by atoms with Crippen molar-refractivity contribution < 1.29 is 33.8 Å². The van der Waals surface area contributed by atoms with Gasteiger partial charge in [-0.15, -0.1) is 0 Å². The number of esters is 1. The first-order valence-electron chi connectivity index (χ1n) is 17.1. The number of carbonyl (C=O) groups excluding carboxylic acids is 4. The second-order valence-corrected chi connectivity index (χ2v) is 15.3. The summed E-state index contributed by atoms with van der Waals surface area (Å²) >= 11 is 10.3. The van der Waals surface area contributed by atoms with Crippen LogP contribution in [0.5, 0.6) is 0 Å². The van der Waals surface area contributed by atoms with Crippen molar-refractivity contribution in [3.63, 3.8) is 0 Å². The van der Waals surface area contributed by atoms with E-state index < -0.39 is 65.6 Å². The van der Waals surface area contributed by atoms with Gasteiger partial charge in [-0.25, -0.2) is 0 Å². The van der Waals surface area contributed by atoms with E-state index in [1.165, 1.54) is 9.80 Å². The molecule has 4 aliphatic heterocycles. The molecule has 0 radical (unpaired) electrons. The van der Waals surface area contributed by atoms with Gasteiger partial charge in [-0.2, -0.15) is 0 Å². The van der Waals surface area contributed by atoms with Crippen LogP contribution >= 0.6 is 27.5 Å². The number of carbonyl (C=O) groups is 4. The van der Waals surface area contributed by atoms with Crippen molar-refractivity contribution in [3.05, 3.63) is 87.9 Å². The van der Waals surface area contributed by atoms with Crippen molar-refractivity contribution in [1.29, 1.82) is 0 Å². The lowest BCUT2D eigenvalue weighted by Crippen LogP contribution is -2.59. The van der Waals surface area contributed by atoms with Gasteiger partial charge >= 0.3 is 5.97 Å². The third-order valence-corrected chi connectivity index (χ3v) is 11.4. The van der Waals surface area contributed by atoms with Gasteiger partial charge in [0, 0.05) is 24.5 Å². The van der Waals surface area contributed by atoms with Crippen LogP contribution in [0.4, 0.5) is 5.69 Å². The van der Waals surface area contributed by atoms with Crippen LogP contribution in [0.25, 0.3) is 0 Å². The van der Waals surface area contributed by atoms with Gasteiger partial charge in [-0.05, 0) is 49.5 Å². The predicted octanol–water partition coefficient (Wildman–Crippen LogP) is 5.43. The molecule has 3 amide bonds. The van der Waals surface area contributed by atoms with E-state index in [0.29, 0.717) is 33.6 Å². The number of amides is 3. The summed E-state index contributed by atoms with van der Waals surface area (Å²) < 4.78 is 13.5. The number of hydrogen-bond donors (Lipinski definition) is 1. The van der Waals surface area contributed by atoms with Crippen molar-refractivity contribution in [1.82, 2.24) is 9.80 Å². The first kappa shape index (κ1) is 36.3. The number of ether oxygens (including phenoxy) is 2. The Morgan fingerprint density at radius 3 is 2.38 bits per heavy atom. The van der Waals surface area contributed by atoms with Crippen LogP contribution in [0.1, 0.15) is 51.7 Å². The van der Waals surface area contributed by atoms with Crippen LogP contribution in [-0.4, -0.2) is 88.6 Å². The number of likely N-dealkylation sites (N-methyl/N-ethyl adjacent to an activating group) is 1. The number of aliphatic hydroxyl groups excluding tert-OH is 1. The molecule has 1 spiro atoms. The summed E-state index contributed by atoms with van der Waals surface area (Å²) in [7, 11) is 1.69. The van der Waals surface area contributed by atoms with Crippen molar-refractivity contribution in [2.24, 2.45) is 17.8 Å². The number of likely N-dealkylation sites (tertiary alicyclic amines) is 1. The Morgan fingerprint density at radius 1 is 1.00 bits per heavy atom. The third-order valence-electron chi connectivity index (χ3n) is 10.4. The fourth-order valence-electron chi connectivity index (χ4n) is 7.95. The molecule has 266 valence electrons. The van der Waals surface area contributed by atoms with E-state index in [0.717, 1.165) is 0 Å². The normalized spacial score (nSPS) is 31.6. The monoisotopic (exact) mass is 767 g/mol. The van der Waals surface area contributed by atoms with Crippen molar-refractivity contribution in [2.45, 2.75) is 76.0 Å². The maximum Gasteiger partial charge on any atom is 0.313 e. The second kappa shape index (κ2) is 14.6. The van der Waals surface area contributed by atoms with E-state index in [4.69, 9.17) is 21.1 Å². The summed E-state index contributed by atoms with van der Waals surface area (Å²) in [6, 6.07) is 13.6. The highest BCUT2D eigenvalue weighted by Gasteiger charge is 2.75. The number of nitrogens with zero attached hydrogens (tertiary/aromatic N) is 3. The summed E-state index contributed by atoms with van der Waals surface area (Å²) in [4.78, 5) is 62.5. The SMILES string of the molecule is CC(C)C[C@H](CO)N1C(=O)[C@H]2[C@@H]3C(=O)O[C@H](c4ccccc4)[C@@H](C)N(C)C(=O)CC/C=C\CN(c4ccccc4Cl)C(=O)[C@H]1[C@@]21C=C(Br)[C@@H]3O1. The van der Waals surface area contributed by atoms with E-state index in [2.05, 4.69) is 15.9 Å². The average molecular weight is 769 g/mol. The Hall–Kier alpha value is -3.51. The summed E-state index contributed by atoms with van der Waals surface area (Å²) in [6.07, 6.45) is 4.68. The number of anilines is 1. The highest BCUT2D eigenvalue weighted by atomic mass is 79.9. The van der Waals surface area contributed by atoms with Gasteiger partial charge in [0.15, 0.2) is 0 Å². The van der Waals surface area contributed by atoms with E-state index in [-0.39, 0.29) is 31.4 Å². The van der Waals surface area contributed by atoms with E-state index in [1.807, 2.05) is 63.3 Å². The van der Waals surface area contributed by atoms with Crippen molar-refractivity contribution in [2.75, 3.05) is 25.1 Å². The molecule has 2 saturated heterocycles. The van der Waals surface area contributed by atoms with Gasteiger partial charge in [-0.3, -0.25) is 19.2 Å². The minimum Gasteiger partial charge on any atom is -0.455 e. The Kier molecular flexibility index (Phi) is 10.6. The zero-order valence-electron chi connectivity index (χ0n) is 28.6. The average Bonchev–Trinajstić information content (AvgIpc) is 3.70. The number of para-hydroxylation sites is 1. The standard InChI is InChI=1S/C38H43BrClN3O7/c1-22(2)19-25(21-44)43-34-36(47)42(28-16-11-10-15-27(28)40)18-12-6-9-17-29(45)41(4)23(3)32(24-13-7-5-8-14-24)49-37(48)30-31(35(43)46)38(34)20-26(39)33(30)50-38/h5-8,10-16,20,22-23,25,30-34,44H,9,17-19,21H2,1-4H3/b12-6-/t23-,25-,30+,31-,32+,33+,34+,38-/m1/s1. The number of halogens is 2. The first-order valence-corrected chi connectivity index (χ1v) is 18.3. The van der Waals surface area contributed by atoms with Crippen LogP contribution in [0.2, 0.25) is 5.02 Å². The topological polar surface area (TPSA) is 117 Å². The van der Waals surface area contributed by atoms with E-state index in [9.17, 15) is 19.5 Å². The third kappa shape index (κ3) is 6.31. The van der Waals surface area contributed by atoms with Crippen LogP contribution < -0.4 is 4.90 Å². The second-order valence-electron chi connectivity index (χ2n) is 14.0. The summed E-state index contributed by atoms with van der Waals surface area (Å²) in [5.74, 6) is -3.88. The van der Waals surface area contributed by atoms with Crippen LogP contribution in [0, 0.1) is 17.8 Å². The number of fused-ring (bicyclic) bond motifs is 2. The van der Waals surface area contributed by atoms with Gasteiger partial charge in [0.25, 0.3) is 5.91 Å². The zero-order valence-corrected chi connectivity index (χ0v) is 30.9. The van der Waals surface area contributed by atoms with Gasteiger partial charge < -0.3 is 29.3 Å².